The lowest BCUT2D eigenvalue weighted by molar-refractivity contribution is 0.0275. The number of nitrogens with zero attached hydrogens (tertiary/aromatic N) is 2. The highest BCUT2D eigenvalue weighted by Gasteiger charge is 2.15. The second-order valence-corrected chi connectivity index (χ2v) is 2.60. The average Bonchev–Trinajstić information content (AvgIpc) is 2.34. The van der Waals surface area contributed by atoms with Crippen molar-refractivity contribution in [1.82, 2.24) is 9.78 Å². The van der Waals surface area contributed by atoms with Crippen molar-refractivity contribution in [3.8, 4) is 0 Å². The van der Waals surface area contributed by atoms with Crippen LogP contribution in [0.1, 0.15) is 18.7 Å². The largest absolute Gasteiger partial charge is 0.390 e. The number of aryl methyl sites for hydroxylation is 1. The second-order valence-electron chi connectivity index (χ2n) is 2.60. The smallest absolute Gasteiger partial charge is 0.123 e. The molecular weight excluding hydrogens is 144 g/mol. The van der Waals surface area contributed by atoms with E-state index in [0.29, 0.717) is 5.69 Å². The van der Waals surface area contributed by atoms with Crippen molar-refractivity contribution in [1.29, 1.82) is 0 Å². The Labute approximate surface area is 65.1 Å². The van der Waals surface area contributed by atoms with E-state index in [-0.39, 0.29) is 0 Å². The van der Waals surface area contributed by atoms with Gasteiger partial charge in [-0.2, -0.15) is 5.10 Å². The molecule has 0 aliphatic carbocycles. The molecule has 4 heteroatoms. The van der Waals surface area contributed by atoms with E-state index >= 15 is 0 Å². The number of aliphatic hydroxyl groups is 2. The lowest BCUT2D eigenvalue weighted by Crippen LogP contribution is -2.14. The maximum atomic E-state index is 9.29. The second kappa shape index (κ2) is 3.02. The third kappa shape index (κ3) is 1.78. The third-order valence-electron chi connectivity index (χ3n) is 1.49. The molecule has 1 heterocycles. The van der Waals surface area contributed by atoms with Gasteiger partial charge in [-0.05, 0) is 13.0 Å². The molecule has 1 aromatic heterocycles. The maximum Gasteiger partial charge on any atom is 0.123 e. The first-order chi connectivity index (χ1) is 5.11. The Hall–Kier alpha value is -0.870. The summed E-state index contributed by atoms with van der Waals surface area (Å²) < 4.78 is 1.58. The fourth-order valence-corrected chi connectivity index (χ4v) is 0.838. The van der Waals surface area contributed by atoms with Crippen molar-refractivity contribution in [2.75, 3.05) is 0 Å². The zero-order chi connectivity index (χ0) is 8.43. The van der Waals surface area contributed by atoms with Crippen molar-refractivity contribution in [3.63, 3.8) is 0 Å². The zero-order valence-electron chi connectivity index (χ0n) is 6.60. The van der Waals surface area contributed by atoms with Crippen molar-refractivity contribution >= 4 is 0 Å². The number of hydrogen-bond acceptors (Lipinski definition) is 3. The topological polar surface area (TPSA) is 58.3 Å². The minimum Gasteiger partial charge on any atom is -0.390 e. The number of aromatic nitrogens is 2. The Balaban J connectivity index is 2.76. The molecule has 11 heavy (non-hydrogen) atoms. The molecule has 2 unspecified atom stereocenters. The van der Waals surface area contributed by atoms with Crippen molar-refractivity contribution in [3.05, 3.63) is 18.0 Å². The average molecular weight is 156 g/mol. The molecule has 0 amide bonds. The minimum absolute atomic E-state index is 0.502. The predicted molar refractivity (Wildman–Crippen MR) is 39.8 cm³/mol. The fraction of sp³-hybridized carbons (Fsp3) is 0.571. The van der Waals surface area contributed by atoms with Gasteiger partial charge in [0.05, 0.1) is 11.8 Å². The molecule has 0 radical (unpaired) electrons. The molecule has 0 aliphatic rings. The minimum atomic E-state index is -0.879. The van der Waals surface area contributed by atoms with Crippen molar-refractivity contribution in [2.24, 2.45) is 7.05 Å². The van der Waals surface area contributed by atoms with Gasteiger partial charge in [0.2, 0.25) is 0 Å². The van der Waals surface area contributed by atoms with Crippen LogP contribution in [0.25, 0.3) is 0 Å². The van der Waals surface area contributed by atoms with Crippen LogP contribution in [0.3, 0.4) is 0 Å². The Morgan fingerprint density at radius 1 is 1.55 bits per heavy atom. The summed E-state index contributed by atoms with van der Waals surface area (Å²) in [6.45, 7) is 1.53. The van der Waals surface area contributed by atoms with E-state index < -0.39 is 12.2 Å². The Morgan fingerprint density at radius 2 is 2.18 bits per heavy atom. The van der Waals surface area contributed by atoms with Crippen LogP contribution in [0.4, 0.5) is 0 Å². The summed E-state index contributed by atoms with van der Waals surface area (Å²) in [6.07, 6.45) is 0.0714. The van der Waals surface area contributed by atoms with Gasteiger partial charge in [0.25, 0.3) is 0 Å². The van der Waals surface area contributed by atoms with Gasteiger partial charge in [0.1, 0.15) is 6.10 Å². The molecule has 0 aromatic carbocycles. The summed E-state index contributed by atoms with van der Waals surface area (Å²) in [5, 5.41) is 22.2. The van der Waals surface area contributed by atoms with Crippen LogP contribution < -0.4 is 0 Å². The lowest BCUT2D eigenvalue weighted by atomic mass is 10.2. The third-order valence-corrected chi connectivity index (χ3v) is 1.49. The van der Waals surface area contributed by atoms with Gasteiger partial charge < -0.3 is 10.2 Å². The number of hydrogen-bond donors (Lipinski definition) is 2. The molecule has 1 aromatic rings. The van der Waals surface area contributed by atoms with Crippen LogP contribution in [0.5, 0.6) is 0 Å². The van der Waals surface area contributed by atoms with E-state index in [9.17, 15) is 5.11 Å². The van der Waals surface area contributed by atoms with Crippen LogP contribution >= 0.6 is 0 Å². The molecule has 2 atom stereocenters. The number of aliphatic hydroxyl groups excluding tert-OH is 2. The Morgan fingerprint density at radius 3 is 2.55 bits per heavy atom. The molecule has 0 aliphatic heterocycles. The van der Waals surface area contributed by atoms with Gasteiger partial charge in [-0.25, -0.2) is 0 Å². The van der Waals surface area contributed by atoms with Crippen molar-refractivity contribution in [2.45, 2.75) is 19.1 Å². The molecular formula is C7H12N2O2. The van der Waals surface area contributed by atoms with Crippen LogP contribution in [-0.2, 0) is 7.05 Å². The van der Waals surface area contributed by atoms with E-state index in [4.69, 9.17) is 5.11 Å². The molecule has 0 saturated carbocycles. The summed E-state index contributed by atoms with van der Waals surface area (Å²) in [6, 6.07) is 1.68. The highest BCUT2D eigenvalue weighted by molar-refractivity contribution is 5.03. The van der Waals surface area contributed by atoms with Crippen LogP contribution in [0, 0.1) is 0 Å². The molecule has 1 rings (SSSR count). The molecule has 0 saturated heterocycles. The van der Waals surface area contributed by atoms with Gasteiger partial charge in [0, 0.05) is 13.2 Å². The standard InChI is InChI=1S/C7H12N2O2/c1-5(10)7(11)6-3-4-9(2)8-6/h3-5,7,10-11H,1-2H3. The van der Waals surface area contributed by atoms with Gasteiger partial charge in [-0.15, -0.1) is 0 Å². The van der Waals surface area contributed by atoms with Gasteiger partial charge in [-0.3, -0.25) is 4.68 Å². The first-order valence-electron chi connectivity index (χ1n) is 3.47. The predicted octanol–water partition coefficient (Wildman–Crippen LogP) is -0.166. The summed E-state index contributed by atoms with van der Waals surface area (Å²) in [5.41, 5.74) is 0.502. The molecule has 0 fully saturated rings. The van der Waals surface area contributed by atoms with Gasteiger partial charge >= 0.3 is 0 Å². The molecule has 4 nitrogen and oxygen atoms in total. The Kier molecular flexibility index (Phi) is 2.26. The van der Waals surface area contributed by atoms with Crippen LogP contribution in [-0.4, -0.2) is 26.1 Å². The number of rotatable bonds is 2. The van der Waals surface area contributed by atoms with Crippen molar-refractivity contribution < 1.29 is 10.2 Å². The lowest BCUT2D eigenvalue weighted by Gasteiger charge is -2.09. The molecule has 0 bridgehead atoms. The molecule has 62 valence electrons. The van der Waals surface area contributed by atoms with E-state index in [1.807, 2.05) is 0 Å². The fourth-order valence-electron chi connectivity index (χ4n) is 0.838. The van der Waals surface area contributed by atoms with Gasteiger partial charge in [0.15, 0.2) is 0 Å². The summed E-state index contributed by atoms with van der Waals surface area (Å²) in [5.74, 6) is 0. The summed E-state index contributed by atoms with van der Waals surface area (Å²) >= 11 is 0. The highest BCUT2D eigenvalue weighted by Crippen LogP contribution is 2.12. The van der Waals surface area contributed by atoms with Crippen LogP contribution in [0.15, 0.2) is 12.3 Å². The molecule has 0 spiro atoms. The summed E-state index contributed by atoms with van der Waals surface area (Å²) in [7, 11) is 1.76. The quantitative estimate of drug-likeness (QED) is 0.625. The SMILES string of the molecule is CC(O)C(O)c1ccn(C)n1. The summed E-state index contributed by atoms with van der Waals surface area (Å²) in [4.78, 5) is 0. The van der Waals surface area contributed by atoms with Gasteiger partial charge in [-0.1, -0.05) is 0 Å². The zero-order valence-corrected chi connectivity index (χ0v) is 6.60. The highest BCUT2D eigenvalue weighted by atomic mass is 16.3. The monoisotopic (exact) mass is 156 g/mol. The maximum absolute atomic E-state index is 9.29. The molecule has 2 N–H and O–H groups in total. The Bertz CT molecular complexity index is 232. The van der Waals surface area contributed by atoms with E-state index in [1.54, 1.807) is 24.0 Å². The van der Waals surface area contributed by atoms with E-state index in [0.717, 1.165) is 0 Å². The first kappa shape index (κ1) is 8.23. The van der Waals surface area contributed by atoms with E-state index in [1.165, 1.54) is 6.92 Å². The van der Waals surface area contributed by atoms with Crippen LogP contribution in [0.2, 0.25) is 0 Å². The van der Waals surface area contributed by atoms with E-state index in [2.05, 4.69) is 5.10 Å². The first-order valence-corrected chi connectivity index (χ1v) is 3.47. The normalized spacial score (nSPS) is 16.4.